The van der Waals surface area contributed by atoms with Crippen molar-refractivity contribution in [2.24, 2.45) is 0 Å². The lowest BCUT2D eigenvalue weighted by Gasteiger charge is -2.30. The third-order valence-corrected chi connectivity index (χ3v) is 5.17. The molecular formula is C23H29N3O2. The highest BCUT2D eigenvalue weighted by Crippen LogP contribution is 2.20. The molecule has 0 radical (unpaired) electrons. The van der Waals surface area contributed by atoms with Crippen molar-refractivity contribution in [1.82, 2.24) is 10.2 Å². The van der Waals surface area contributed by atoms with Crippen LogP contribution in [0.4, 0.5) is 10.5 Å². The van der Waals surface area contributed by atoms with E-state index in [0.29, 0.717) is 25.4 Å². The molecule has 1 fully saturated rings. The highest BCUT2D eigenvalue weighted by molar-refractivity contribution is 5.93. The molecule has 1 saturated heterocycles. The van der Waals surface area contributed by atoms with Crippen molar-refractivity contribution in [2.75, 3.05) is 11.9 Å². The first-order chi connectivity index (χ1) is 13.5. The number of benzene rings is 2. The number of nitrogens with one attached hydrogen (secondary N) is 2. The Hall–Kier alpha value is -2.82. The molecule has 5 heteroatoms. The van der Waals surface area contributed by atoms with Crippen molar-refractivity contribution in [3.8, 4) is 0 Å². The average Bonchev–Trinajstić information content (AvgIpc) is 2.91. The fraction of sp³-hybridized carbons (Fsp3) is 0.391. The van der Waals surface area contributed by atoms with Gasteiger partial charge in [-0.1, -0.05) is 56.3 Å². The van der Waals surface area contributed by atoms with Gasteiger partial charge in [-0.2, -0.15) is 0 Å². The predicted molar refractivity (Wildman–Crippen MR) is 112 cm³/mol. The smallest absolute Gasteiger partial charge is 0.322 e. The van der Waals surface area contributed by atoms with Crippen LogP contribution in [-0.2, 0) is 11.3 Å². The molecule has 2 aromatic carbocycles. The monoisotopic (exact) mass is 379 g/mol. The van der Waals surface area contributed by atoms with Gasteiger partial charge in [-0.3, -0.25) is 4.79 Å². The Labute approximate surface area is 167 Å². The number of nitrogens with zero attached hydrogens (tertiary/aromatic N) is 1. The van der Waals surface area contributed by atoms with Gasteiger partial charge < -0.3 is 15.5 Å². The van der Waals surface area contributed by atoms with E-state index in [4.69, 9.17) is 0 Å². The highest BCUT2D eigenvalue weighted by atomic mass is 16.2. The fourth-order valence-corrected chi connectivity index (χ4v) is 3.47. The summed E-state index contributed by atoms with van der Waals surface area (Å²) in [7, 11) is 0. The number of para-hydroxylation sites is 1. The van der Waals surface area contributed by atoms with Crippen LogP contribution >= 0.6 is 0 Å². The minimum absolute atomic E-state index is 0.0699. The van der Waals surface area contributed by atoms with E-state index in [2.05, 4.69) is 36.6 Å². The first-order valence-electron chi connectivity index (χ1n) is 10.0. The normalized spacial score (nSPS) is 17.0. The molecule has 3 amide bonds. The Morgan fingerprint density at radius 2 is 1.82 bits per heavy atom. The maximum absolute atomic E-state index is 13.1. The SMILES string of the molecule is CC(C)c1ccc(CN(C(=O)Nc2ccccc2)C2CCCCNC2=O)cc1. The maximum atomic E-state index is 13.1. The standard InChI is InChI=1S/C23H29N3O2/c1-17(2)19-13-11-18(12-14-19)16-26(21-10-6-7-15-24-22(21)27)23(28)25-20-8-4-3-5-9-20/h3-5,8-9,11-14,17,21H,6-7,10,15-16H2,1-2H3,(H,24,27)(H,25,28). The second-order valence-corrected chi connectivity index (χ2v) is 7.62. The van der Waals surface area contributed by atoms with Crippen molar-refractivity contribution in [2.45, 2.75) is 51.6 Å². The lowest BCUT2D eigenvalue weighted by atomic mass is 10.0. The Morgan fingerprint density at radius 3 is 2.50 bits per heavy atom. The molecule has 0 saturated carbocycles. The summed E-state index contributed by atoms with van der Waals surface area (Å²) in [6, 6.07) is 16.9. The Bertz CT molecular complexity index is 787. The third-order valence-electron chi connectivity index (χ3n) is 5.17. The van der Waals surface area contributed by atoms with E-state index >= 15 is 0 Å². The third kappa shape index (κ3) is 5.12. The molecule has 148 valence electrons. The number of anilines is 1. The second-order valence-electron chi connectivity index (χ2n) is 7.62. The van der Waals surface area contributed by atoms with E-state index in [1.807, 2.05) is 42.5 Å². The zero-order chi connectivity index (χ0) is 19.9. The van der Waals surface area contributed by atoms with Gasteiger partial charge in [-0.05, 0) is 48.4 Å². The summed E-state index contributed by atoms with van der Waals surface area (Å²) in [6.45, 7) is 5.39. The number of hydrogen-bond donors (Lipinski definition) is 2. The molecule has 28 heavy (non-hydrogen) atoms. The van der Waals surface area contributed by atoms with Crippen LogP contribution < -0.4 is 10.6 Å². The van der Waals surface area contributed by atoms with Crippen molar-refractivity contribution < 1.29 is 9.59 Å². The number of hydrogen-bond acceptors (Lipinski definition) is 2. The summed E-state index contributed by atoms with van der Waals surface area (Å²) in [6.07, 6.45) is 2.54. The van der Waals surface area contributed by atoms with Crippen molar-refractivity contribution in [1.29, 1.82) is 0 Å². The van der Waals surface area contributed by atoms with Crippen LogP contribution in [0.15, 0.2) is 54.6 Å². The summed E-state index contributed by atoms with van der Waals surface area (Å²) in [5.74, 6) is 0.388. The van der Waals surface area contributed by atoms with Gasteiger partial charge in [0.15, 0.2) is 0 Å². The highest BCUT2D eigenvalue weighted by Gasteiger charge is 2.31. The molecule has 0 aromatic heterocycles. The fourth-order valence-electron chi connectivity index (χ4n) is 3.47. The molecule has 3 rings (SSSR count). The van der Waals surface area contributed by atoms with Gasteiger partial charge in [-0.25, -0.2) is 4.79 Å². The predicted octanol–water partition coefficient (Wildman–Crippen LogP) is 4.51. The summed E-state index contributed by atoms with van der Waals surface area (Å²) in [5.41, 5.74) is 3.00. The topological polar surface area (TPSA) is 61.4 Å². The second kappa shape index (κ2) is 9.40. The van der Waals surface area contributed by atoms with Crippen molar-refractivity contribution >= 4 is 17.6 Å². The van der Waals surface area contributed by atoms with E-state index in [1.54, 1.807) is 4.90 Å². The average molecular weight is 380 g/mol. The molecule has 2 aromatic rings. The van der Waals surface area contributed by atoms with Crippen LogP contribution in [0.1, 0.15) is 50.2 Å². The molecule has 2 N–H and O–H groups in total. The molecule has 0 aliphatic carbocycles. The molecule has 1 unspecified atom stereocenters. The Morgan fingerprint density at radius 1 is 1.11 bits per heavy atom. The van der Waals surface area contributed by atoms with E-state index < -0.39 is 6.04 Å². The summed E-state index contributed by atoms with van der Waals surface area (Å²) < 4.78 is 0. The summed E-state index contributed by atoms with van der Waals surface area (Å²) >= 11 is 0. The molecule has 1 atom stereocenters. The molecule has 1 aliphatic heterocycles. The zero-order valence-corrected chi connectivity index (χ0v) is 16.7. The molecule has 0 bridgehead atoms. The lowest BCUT2D eigenvalue weighted by Crippen LogP contribution is -2.49. The van der Waals surface area contributed by atoms with Crippen LogP contribution in [0.5, 0.6) is 0 Å². The van der Waals surface area contributed by atoms with Gasteiger partial charge in [0.1, 0.15) is 6.04 Å². The van der Waals surface area contributed by atoms with Crippen LogP contribution in [0, 0.1) is 0 Å². The van der Waals surface area contributed by atoms with Crippen molar-refractivity contribution in [3.63, 3.8) is 0 Å². The van der Waals surface area contributed by atoms with Gasteiger partial charge in [0.2, 0.25) is 5.91 Å². The molecular weight excluding hydrogens is 350 g/mol. The maximum Gasteiger partial charge on any atom is 0.322 e. The Balaban J connectivity index is 1.82. The van der Waals surface area contributed by atoms with Crippen LogP contribution in [0.2, 0.25) is 0 Å². The number of rotatable bonds is 5. The van der Waals surface area contributed by atoms with Crippen LogP contribution in [0.3, 0.4) is 0 Å². The summed E-state index contributed by atoms with van der Waals surface area (Å²) in [5, 5.41) is 5.88. The molecule has 1 aliphatic rings. The van der Waals surface area contributed by atoms with Gasteiger partial charge in [0, 0.05) is 18.8 Å². The molecule has 1 heterocycles. The van der Waals surface area contributed by atoms with Gasteiger partial charge in [0.25, 0.3) is 0 Å². The van der Waals surface area contributed by atoms with E-state index in [-0.39, 0.29) is 11.9 Å². The quantitative estimate of drug-likeness (QED) is 0.803. The van der Waals surface area contributed by atoms with Crippen LogP contribution in [-0.4, -0.2) is 29.4 Å². The summed E-state index contributed by atoms with van der Waals surface area (Å²) in [4.78, 5) is 27.4. The van der Waals surface area contributed by atoms with E-state index in [0.717, 1.165) is 24.1 Å². The molecule has 0 spiro atoms. The molecule has 5 nitrogen and oxygen atoms in total. The number of amides is 3. The van der Waals surface area contributed by atoms with Gasteiger partial charge >= 0.3 is 6.03 Å². The van der Waals surface area contributed by atoms with Gasteiger partial charge in [0.05, 0.1) is 0 Å². The number of carbonyl (C=O) groups is 2. The minimum atomic E-state index is -0.462. The number of urea groups is 1. The first kappa shape index (κ1) is 19.9. The number of carbonyl (C=O) groups excluding carboxylic acids is 2. The van der Waals surface area contributed by atoms with Gasteiger partial charge in [-0.15, -0.1) is 0 Å². The minimum Gasteiger partial charge on any atom is -0.354 e. The lowest BCUT2D eigenvalue weighted by molar-refractivity contribution is -0.125. The zero-order valence-electron chi connectivity index (χ0n) is 16.7. The first-order valence-corrected chi connectivity index (χ1v) is 10.0. The van der Waals surface area contributed by atoms with E-state index in [1.165, 1.54) is 5.56 Å². The Kier molecular flexibility index (Phi) is 6.69. The van der Waals surface area contributed by atoms with Crippen molar-refractivity contribution in [3.05, 3.63) is 65.7 Å². The van der Waals surface area contributed by atoms with Crippen LogP contribution in [0.25, 0.3) is 0 Å². The van der Waals surface area contributed by atoms with E-state index in [9.17, 15) is 9.59 Å². The largest absolute Gasteiger partial charge is 0.354 e.